The van der Waals surface area contributed by atoms with Crippen LogP contribution in [-0.4, -0.2) is 71.6 Å². The maximum Gasteiger partial charge on any atom is 0.490 e. The Morgan fingerprint density at radius 3 is 2.67 bits per heavy atom. The van der Waals surface area contributed by atoms with Crippen LogP contribution < -0.4 is 0 Å². The molecular weight excluding hydrogens is 405 g/mol. The van der Waals surface area contributed by atoms with Crippen LogP contribution in [0.25, 0.3) is 0 Å². The third-order valence-corrected chi connectivity index (χ3v) is 5.32. The van der Waals surface area contributed by atoms with Crippen LogP contribution in [0.1, 0.15) is 42.2 Å². The summed E-state index contributed by atoms with van der Waals surface area (Å²) < 4.78 is 43.6. The van der Waals surface area contributed by atoms with Gasteiger partial charge in [0.15, 0.2) is 0 Å². The van der Waals surface area contributed by atoms with Gasteiger partial charge >= 0.3 is 12.1 Å². The fourth-order valence-electron chi connectivity index (χ4n) is 3.77. The van der Waals surface area contributed by atoms with Gasteiger partial charge in [0, 0.05) is 31.0 Å². The van der Waals surface area contributed by atoms with Crippen LogP contribution in [0.5, 0.6) is 0 Å². The number of rotatable bonds is 4. The standard InChI is InChI=1S/C18H26N2O3.C2HF3O2/c1-3-22-12-16-5-4-8-18(16)13-20(9-10-23-18)17(21)15-7-6-14(2)19-11-15;3-2(4,5)1(6)7/h6-7,11,16H,3-5,8-10,12-13H2,1-2H3;(H,6,7)/t16-,18+;/m1./s1. The van der Waals surface area contributed by atoms with Crippen molar-refractivity contribution < 1.29 is 37.3 Å². The van der Waals surface area contributed by atoms with Gasteiger partial charge in [-0.25, -0.2) is 4.79 Å². The van der Waals surface area contributed by atoms with Crippen molar-refractivity contribution in [3.63, 3.8) is 0 Å². The van der Waals surface area contributed by atoms with Gasteiger partial charge in [0.1, 0.15) is 0 Å². The van der Waals surface area contributed by atoms with E-state index in [-0.39, 0.29) is 11.5 Å². The SMILES string of the molecule is CCOC[C@H]1CCC[C@]12CN(C(=O)c1ccc(C)nc1)CCO2.O=C(O)C(F)(F)F. The molecule has 1 spiro atoms. The number of hydrogen-bond donors (Lipinski definition) is 1. The van der Waals surface area contributed by atoms with Gasteiger partial charge in [0.05, 0.1) is 30.9 Å². The topological polar surface area (TPSA) is 89.0 Å². The van der Waals surface area contributed by atoms with Crippen molar-refractivity contribution in [2.45, 2.75) is 44.9 Å². The molecule has 2 atom stereocenters. The van der Waals surface area contributed by atoms with Crippen LogP contribution in [0.2, 0.25) is 0 Å². The predicted octanol–water partition coefficient (Wildman–Crippen LogP) is 3.07. The first-order valence-corrected chi connectivity index (χ1v) is 9.83. The van der Waals surface area contributed by atoms with Crippen LogP contribution >= 0.6 is 0 Å². The molecule has 2 aliphatic rings. The average Bonchev–Trinajstić information content (AvgIpc) is 3.07. The molecule has 1 aliphatic heterocycles. The first-order valence-electron chi connectivity index (χ1n) is 9.83. The lowest BCUT2D eigenvalue weighted by Crippen LogP contribution is -2.56. The summed E-state index contributed by atoms with van der Waals surface area (Å²) in [4.78, 5) is 27.8. The molecular formula is C20H27F3N2O5. The van der Waals surface area contributed by atoms with Gasteiger partial charge in [0.2, 0.25) is 0 Å². The Balaban J connectivity index is 0.000000396. The third-order valence-electron chi connectivity index (χ3n) is 5.32. The van der Waals surface area contributed by atoms with Crippen LogP contribution in [0.15, 0.2) is 18.3 Å². The third kappa shape index (κ3) is 6.15. The number of aromatic nitrogens is 1. The molecule has 1 saturated carbocycles. The number of pyridine rings is 1. The number of hydrogen-bond acceptors (Lipinski definition) is 5. The Kier molecular flexibility index (Phi) is 8.19. The Morgan fingerprint density at radius 1 is 1.40 bits per heavy atom. The van der Waals surface area contributed by atoms with E-state index in [0.717, 1.165) is 38.2 Å². The molecule has 3 rings (SSSR count). The van der Waals surface area contributed by atoms with Gasteiger partial charge < -0.3 is 19.5 Å². The number of carboxylic acids is 1. The molecule has 2 heterocycles. The summed E-state index contributed by atoms with van der Waals surface area (Å²) in [5.41, 5.74) is 1.36. The maximum absolute atomic E-state index is 12.8. The van der Waals surface area contributed by atoms with E-state index >= 15 is 0 Å². The largest absolute Gasteiger partial charge is 0.490 e. The maximum atomic E-state index is 12.8. The van der Waals surface area contributed by atoms with Crippen LogP contribution in [-0.2, 0) is 14.3 Å². The minimum Gasteiger partial charge on any atom is -0.475 e. The molecule has 0 aromatic carbocycles. The van der Waals surface area contributed by atoms with Crippen molar-refractivity contribution >= 4 is 11.9 Å². The van der Waals surface area contributed by atoms with E-state index in [1.54, 1.807) is 6.20 Å². The number of amides is 1. The highest BCUT2D eigenvalue weighted by molar-refractivity contribution is 5.94. The highest BCUT2D eigenvalue weighted by Gasteiger charge is 2.47. The van der Waals surface area contributed by atoms with Crippen molar-refractivity contribution in [1.82, 2.24) is 9.88 Å². The molecule has 1 amide bonds. The second-order valence-corrected chi connectivity index (χ2v) is 7.38. The van der Waals surface area contributed by atoms with Crippen LogP contribution in [0, 0.1) is 12.8 Å². The van der Waals surface area contributed by atoms with E-state index in [1.165, 1.54) is 0 Å². The van der Waals surface area contributed by atoms with Gasteiger partial charge in [-0.05, 0) is 38.8 Å². The number of carboxylic acid groups (broad SMARTS) is 1. The molecule has 1 N–H and O–H groups in total. The Hall–Kier alpha value is -2.20. The predicted molar refractivity (Wildman–Crippen MR) is 101 cm³/mol. The first-order chi connectivity index (χ1) is 14.1. The number of carbonyl (C=O) groups is 2. The molecule has 10 heteroatoms. The zero-order valence-electron chi connectivity index (χ0n) is 17.1. The van der Waals surface area contributed by atoms with Crippen molar-refractivity contribution in [3.05, 3.63) is 29.6 Å². The zero-order valence-corrected chi connectivity index (χ0v) is 17.1. The number of ether oxygens (including phenoxy) is 2. The molecule has 0 bridgehead atoms. The summed E-state index contributed by atoms with van der Waals surface area (Å²) in [6, 6.07) is 3.75. The summed E-state index contributed by atoms with van der Waals surface area (Å²) in [7, 11) is 0. The van der Waals surface area contributed by atoms with Crippen LogP contribution in [0.4, 0.5) is 13.2 Å². The number of aliphatic carboxylic acids is 1. The first kappa shape index (κ1) is 24.1. The molecule has 1 saturated heterocycles. The lowest BCUT2D eigenvalue weighted by atomic mass is 9.89. The number of morpholine rings is 1. The van der Waals surface area contributed by atoms with Crippen molar-refractivity contribution in [2.24, 2.45) is 5.92 Å². The lowest BCUT2D eigenvalue weighted by Gasteiger charge is -2.44. The smallest absolute Gasteiger partial charge is 0.475 e. The molecule has 30 heavy (non-hydrogen) atoms. The Labute approximate surface area is 173 Å². The molecule has 2 fully saturated rings. The Morgan fingerprint density at radius 2 is 2.10 bits per heavy atom. The molecule has 1 aromatic rings. The van der Waals surface area contributed by atoms with E-state index in [1.807, 2.05) is 30.9 Å². The summed E-state index contributed by atoms with van der Waals surface area (Å²) in [6.45, 7) is 7.31. The number of alkyl halides is 3. The van der Waals surface area contributed by atoms with Gasteiger partial charge in [0.25, 0.3) is 5.91 Å². The fraction of sp³-hybridized carbons (Fsp3) is 0.650. The Bertz CT molecular complexity index is 726. The lowest BCUT2D eigenvalue weighted by molar-refractivity contribution is -0.192. The highest BCUT2D eigenvalue weighted by Crippen LogP contribution is 2.41. The normalized spacial score (nSPS) is 23.8. The average molecular weight is 432 g/mol. The van der Waals surface area contributed by atoms with Gasteiger partial charge in [-0.3, -0.25) is 9.78 Å². The second-order valence-electron chi connectivity index (χ2n) is 7.38. The molecule has 7 nitrogen and oxygen atoms in total. The van der Waals surface area contributed by atoms with Crippen molar-refractivity contribution in [2.75, 3.05) is 32.9 Å². The van der Waals surface area contributed by atoms with Gasteiger partial charge in [-0.15, -0.1) is 0 Å². The van der Waals surface area contributed by atoms with E-state index in [2.05, 4.69) is 4.98 Å². The molecule has 168 valence electrons. The number of aryl methyl sites for hydroxylation is 1. The second kappa shape index (κ2) is 10.2. The van der Waals surface area contributed by atoms with E-state index in [4.69, 9.17) is 19.4 Å². The molecule has 1 aromatic heterocycles. The fourth-order valence-corrected chi connectivity index (χ4v) is 3.77. The van der Waals surface area contributed by atoms with Gasteiger partial charge in [-0.2, -0.15) is 13.2 Å². The zero-order chi connectivity index (χ0) is 22.4. The summed E-state index contributed by atoms with van der Waals surface area (Å²) in [6.07, 6.45) is -0.132. The molecule has 0 radical (unpaired) electrons. The summed E-state index contributed by atoms with van der Waals surface area (Å²) >= 11 is 0. The summed E-state index contributed by atoms with van der Waals surface area (Å²) in [5.74, 6) is -2.32. The van der Waals surface area contributed by atoms with E-state index in [9.17, 15) is 18.0 Å². The quantitative estimate of drug-likeness (QED) is 0.787. The van der Waals surface area contributed by atoms with E-state index in [0.29, 0.717) is 31.2 Å². The number of carbonyl (C=O) groups excluding carboxylic acids is 1. The van der Waals surface area contributed by atoms with Crippen molar-refractivity contribution in [3.8, 4) is 0 Å². The number of halogens is 3. The minimum atomic E-state index is -5.08. The van der Waals surface area contributed by atoms with Gasteiger partial charge in [-0.1, -0.05) is 6.42 Å². The minimum absolute atomic E-state index is 0.0576. The van der Waals surface area contributed by atoms with Crippen molar-refractivity contribution in [1.29, 1.82) is 0 Å². The van der Waals surface area contributed by atoms with Crippen LogP contribution in [0.3, 0.4) is 0 Å². The summed E-state index contributed by atoms with van der Waals surface area (Å²) in [5, 5.41) is 7.12. The highest BCUT2D eigenvalue weighted by atomic mass is 19.4. The number of nitrogens with zero attached hydrogens (tertiary/aromatic N) is 2. The monoisotopic (exact) mass is 432 g/mol. The molecule has 0 unspecified atom stereocenters. The molecule has 1 aliphatic carbocycles. The van der Waals surface area contributed by atoms with E-state index < -0.39 is 12.1 Å².